The first-order valence-electron chi connectivity index (χ1n) is 6.94. The van der Waals surface area contributed by atoms with Crippen LogP contribution in [0, 0.1) is 6.57 Å². The third-order valence-corrected chi connectivity index (χ3v) is 4.34. The molecule has 0 atom stereocenters. The standard InChI is InChI=1S/C19H11BrN2/c1-21-14-9-10-19-17(12-14)16-7-2-3-8-18(16)22(19)15-6-4-5-13(20)11-15/h2-12H. The number of benzene rings is 3. The summed E-state index contributed by atoms with van der Waals surface area (Å²) in [6.07, 6.45) is 0. The van der Waals surface area contributed by atoms with Gasteiger partial charge in [0, 0.05) is 15.5 Å². The molecule has 0 spiro atoms. The van der Waals surface area contributed by atoms with Gasteiger partial charge >= 0.3 is 0 Å². The van der Waals surface area contributed by atoms with Crippen molar-refractivity contribution < 1.29 is 0 Å². The summed E-state index contributed by atoms with van der Waals surface area (Å²) in [5.74, 6) is 0. The molecule has 4 aromatic rings. The van der Waals surface area contributed by atoms with E-state index < -0.39 is 0 Å². The van der Waals surface area contributed by atoms with Crippen molar-refractivity contribution in [3.63, 3.8) is 0 Å². The number of fused-ring (bicyclic) bond motifs is 3. The van der Waals surface area contributed by atoms with Crippen LogP contribution in [0.3, 0.4) is 0 Å². The van der Waals surface area contributed by atoms with Gasteiger partial charge in [-0.3, -0.25) is 0 Å². The summed E-state index contributed by atoms with van der Waals surface area (Å²) in [5, 5.41) is 2.28. The van der Waals surface area contributed by atoms with Crippen molar-refractivity contribution in [1.29, 1.82) is 0 Å². The number of halogens is 1. The number of para-hydroxylation sites is 1. The van der Waals surface area contributed by atoms with Crippen LogP contribution in [-0.4, -0.2) is 4.57 Å². The molecule has 0 saturated carbocycles. The van der Waals surface area contributed by atoms with Gasteiger partial charge in [-0.15, -0.1) is 0 Å². The second kappa shape index (κ2) is 5.01. The van der Waals surface area contributed by atoms with E-state index in [0.29, 0.717) is 5.69 Å². The maximum absolute atomic E-state index is 7.24. The average Bonchev–Trinajstić information content (AvgIpc) is 2.88. The Balaban J connectivity index is 2.19. The second-order valence-corrected chi connectivity index (χ2v) is 6.06. The molecule has 0 unspecified atom stereocenters. The highest BCUT2D eigenvalue weighted by Gasteiger charge is 2.12. The molecule has 3 aromatic carbocycles. The molecule has 0 N–H and O–H groups in total. The van der Waals surface area contributed by atoms with Gasteiger partial charge in [0.05, 0.1) is 17.6 Å². The minimum Gasteiger partial charge on any atom is -0.309 e. The summed E-state index contributed by atoms with van der Waals surface area (Å²) in [6, 6.07) is 22.5. The lowest BCUT2D eigenvalue weighted by molar-refractivity contribution is 1.18. The number of hydrogen-bond donors (Lipinski definition) is 0. The average molecular weight is 347 g/mol. The predicted octanol–water partition coefficient (Wildman–Crippen LogP) is 6.10. The summed E-state index contributed by atoms with van der Waals surface area (Å²) in [7, 11) is 0. The van der Waals surface area contributed by atoms with E-state index in [2.05, 4.69) is 49.6 Å². The number of hydrogen-bond acceptors (Lipinski definition) is 0. The maximum atomic E-state index is 7.24. The highest BCUT2D eigenvalue weighted by Crippen LogP contribution is 2.34. The Labute approximate surface area is 136 Å². The predicted molar refractivity (Wildman–Crippen MR) is 94.7 cm³/mol. The summed E-state index contributed by atoms with van der Waals surface area (Å²) >= 11 is 3.55. The van der Waals surface area contributed by atoms with Crippen molar-refractivity contribution in [2.45, 2.75) is 0 Å². The Kier molecular flexibility index (Phi) is 2.99. The zero-order valence-corrected chi connectivity index (χ0v) is 13.2. The molecule has 104 valence electrons. The second-order valence-electron chi connectivity index (χ2n) is 5.15. The topological polar surface area (TPSA) is 9.29 Å². The SMILES string of the molecule is [C-]#[N+]c1ccc2c(c1)c1ccccc1n2-c1cccc(Br)c1. The molecular weight excluding hydrogens is 336 g/mol. The minimum atomic E-state index is 0.671. The summed E-state index contributed by atoms with van der Waals surface area (Å²) in [6.45, 7) is 7.24. The maximum Gasteiger partial charge on any atom is 0.188 e. The van der Waals surface area contributed by atoms with Crippen molar-refractivity contribution in [2.24, 2.45) is 0 Å². The van der Waals surface area contributed by atoms with Gasteiger partial charge in [-0.05, 0) is 41.8 Å². The molecule has 1 heterocycles. The minimum absolute atomic E-state index is 0.671. The lowest BCUT2D eigenvalue weighted by Crippen LogP contribution is -1.93. The highest BCUT2D eigenvalue weighted by atomic mass is 79.9. The molecule has 0 bridgehead atoms. The van der Waals surface area contributed by atoms with E-state index >= 15 is 0 Å². The monoisotopic (exact) mass is 346 g/mol. The van der Waals surface area contributed by atoms with E-state index in [4.69, 9.17) is 6.57 Å². The molecule has 22 heavy (non-hydrogen) atoms. The smallest absolute Gasteiger partial charge is 0.188 e. The Morgan fingerprint density at radius 3 is 2.45 bits per heavy atom. The van der Waals surface area contributed by atoms with E-state index in [1.165, 1.54) is 5.39 Å². The fourth-order valence-electron chi connectivity index (χ4n) is 2.92. The fourth-order valence-corrected chi connectivity index (χ4v) is 3.31. The van der Waals surface area contributed by atoms with E-state index in [-0.39, 0.29) is 0 Å². The highest BCUT2D eigenvalue weighted by molar-refractivity contribution is 9.10. The third-order valence-electron chi connectivity index (χ3n) is 3.85. The van der Waals surface area contributed by atoms with Crippen LogP contribution in [0.1, 0.15) is 0 Å². The van der Waals surface area contributed by atoms with Crippen LogP contribution < -0.4 is 0 Å². The van der Waals surface area contributed by atoms with Gasteiger partial charge in [0.25, 0.3) is 0 Å². The van der Waals surface area contributed by atoms with Crippen LogP contribution in [0.5, 0.6) is 0 Å². The van der Waals surface area contributed by atoms with Gasteiger partial charge in [-0.25, -0.2) is 4.85 Å². The fraction of sp³-hybridized carbons (Fsp3) is 0. The molecule has 0 aliphatic rings. The van der Waals surface area contributed by atoms with Crippen molar-refractivity contribution in [1.82, 2.24) is 4.57 Å². The van der Waals surface area contributed by atoms with Gasteiger partial charge in [-0.2, -0.15) is 0 Å². The molecule has 0 amide bonds. The van der Waals surface area contributed by atoms with E-state index in [0.717, 1.165) is 26.6 Å². The number of nitrogens with zero attached hydrogens (tertiary/aromatic N) is 2. The zero-order valence-electron chi connectivity index (χ0n) is 11.6. The molecule has 1 aromatic heterocycles. The Hall–Kier alpha value is -2.57. The van der Waals surface area contributed by atoms with E-state index in [9.17, 15) is 0 Å². The van der Waals surface area contributed by atoms with Gasteiger partial charge in [0.2, 0.25) is 0 Å². The first-order chi connectivity index (χ1) is 10.8. The largest absolute Gasteiger partial charge is 0.309 e. The van der Waals surface area contributed by atoms with Gasteiger partial charge in [-0.1, -0.05) is 46.3 Å². The van der Waals surface area contributed by atoms with Gasteiger partial charge in [0.1, 0.15) is 0 Å². The van der Waals surface area contributed by atoms with Crippen LogP contribution in [0.4, 0.5) is 5.69 Å². The van der Waals surface area contributed by atoms with E-state index in [1.807, 2.05) is 42.5 Å². The van der Waals surface area contributed by atoms with Crippen molar-refractivity contribution in [3.8, 4) is 5.69 Å². The summed E-state index contributed by atoms with van der Waals surface area (Å²) in [5.41, 5.74) is 4.05. The lowest BCUT2D eigenvalue weighted by Gasteiger charge is -2.08. The summed E-state index contributed by atoms with van der Waals surface area (Å²) < 4.78 is 3.29. The molecule has 0 aliphatic heterocycles. The molecule has 0 radical (unpaired) electrons. The quantitative estimate of drug-likeness (QED) is 0.368. The molecule has 4 rings (SSSR count). The third kappa shape index (κ3) is 1.93. The van der Waals surface area contributed by atoms with Crippen LogP contribution in [0.2, 0.25) is 0 Å². The Morgan fingerprint density at radius 1 is 0.818 bits per heavy atom. The van der Waals surface area contributed by atoms with Crippen molar-refractivity contribution >= 4 is 43.4 Å². The molecule has 0 saturated heterocycles. The van der Waals surface area contributed by atoms with Crippen LogP contribution >= 0.6 is 15.9 Å². The van der Waals surface area contributed by atoms with E-state index in [1.54, 1.807) is 0 Å². The Morgan fingerprint density at radius 2 is 1.64 bits per heavy atom. The van der Waals surface area contributed by atoms with Gasteiger partial charge in [0.15, 0.2) is 5.69 Å². The molecular formula is C19H11BrN2. The van der Waals surface area contributed by atoms with Crippen molar-refractivity contribution in [2.75, 3.05) is 0 Å². The van der Waals surface area contributed by atoms with Crippen molar-refractivity contribution in [3.05, 3.63) is 82.6 Å². The molecule has 2 nitrogen and oxygen atoms in total. The number of rotatable bonds is 1. The normalized spacial score (nSPS) is 10.9. The van der Waals surface area contributed by atoms with Gasteiger partial charge < -0.3 is 4.57 Å². The van der Waals surface area contributed by atoms with Crippen LogP contribution in [-0.2, 0) is 0 Å². The molecule has 0 fully saturated rings. The molecule has 0 aliphatic carbocycles. The Bertz CT molecular complexity index is 1050. The first kappa shape index (κ1) is 13.1. The first-order valence-corrected chi connectivity index (χ1v) is 7.74. The number of aromatic nitrogens is 1. The zero-order chi connectivity index (χ0) is 15.1. The van der Waals surface area contributed by atoms with Crippen LogP contribution in [0.15, 0.2) is 71.2 Å². The molecule has 3 heteroatoms. The van der Waals surface area contributed by atoms with Crippen LogP contribution in [0.25, 0.3) is 32.3 Å². The lowest BCUT2D eigenvalue weighted by atomic mass is 10.1. The summed E-state index contributed by atoms with van der Waals surface area (Å²) in [4.78, 5) is 3.56.